The fourth-order valence-corrected chi connectivity index (χ4v) is 2.00. The van der Waals surface area contributed by atoms with Gasteiger partial charge in [0.25, 0.3) is 0 Å². The zero-order chi connectivity index (χ0) is 11.4. The Bertz CT molecular complexity index is 328. The van der Waals surface area contributed by atoms with E-state index in [4.69, 9.17) is 5.73 Å². The van der Waals surface area contributed by atoms with Gasteiger partial charge in [-0.1, -0.05) is 22.9 Å². The topological polar surface area (TPSA) is 46.2 Å². The van der Waals surface area contributed by atoms with Crippen LogP contribution < -0.4 is 5.73 Å². The Morgan fingerprint density at radius 1 is 1.53 bits per heavy atom. The number of aliphatic hydroxyl groups is 1. The second-order valence-corrected chi connectivity index (χ2v) is 4.37. The van der Waals surface area contributed by atoms with E-state index in [-0.39, 0.29) is 11.7 Å². The van der Waals surface area contributed by atoms with Crippen molar-refractivity contribution in [3.8, 4) is 0 Å². The number of benzene rings is 1. The first-order chi connectivity index (χ1) is 7.10. The molecule has 0 spiro atoms. The third-order valence-electron chi connectivity index (χ3n) is 2.55. The van der Waals surface area contributed by atoms with Crippen LogP contribution in [0.25, 0.3) is 0 Å². The Labute approximate surface area is 97.4 Å². The summed E-state index contributed by atoms with van der Waals surface area (Å²) in [7, 11) is 0. The number of nitrogens with two attached hydrogens (primary N) is 1. The van der Waals surface area contributed by atoms with Crippen LogP contribution in [-0.4, -0.2) is 11.7 Å². The van der Waals surface area contributed by atoms with E-state index in [2.05, 4.69) is 15.9 Å². The van der Waals surface area contributed by atoms with E-state index in [1.165, 1.54) is 12.1 Å². The molecule has 84 valence electrons. The molecule has 15 heavy (non-hydrogen) atoms. The molecule has 0 aliphatic rings. The SMILES string of the molecule is CCC(CN)C(O)c1cc(F)ccc1Br. The van der Waals surface area contributed by atoms with Crippen molar-refractivity contribution in [3.63, 3.8) is 0 Å². The van der Waals surface area contributed by atoms with Gasteiger partial charge in [-0.05, 0) is 36.7 Å². The molecular formula is C11H15BrFNO. The quantitative estimate of drug-likeness (QED) is 0.888. The maximum Gasteiger partial charge on any atom is 0.123 e. The highest BCUT2D eigenvalue weighted by atomic mass is 79.9. The van der Waals surface area contributed by atoms with Gasteiger partial charge in [-0.15, -0.1) is 0 Å². The minimum atomic E-state index is -0.718. The molecule has 1 rings (SSSR count). The number of hydrogen-bond donors (Lipinski definition) is 2. The van der Waals surface area contributed by atoms with Crippen LogP contribution in [-0.2, 0) is 0 Å². The molecule has 0 amide bonds. The second kappa shape index (κ2) is 5.58. The largest absolute Gasteiger partial charge is 0.388 e. The maximum absolute atomic E-state index is 13.0. The third kappa shape index (κ3) is 3.00. The molecule has 2 nitrogen and oxygen atoms in total. The molecule has 0 aromatic heterocycles. The van der Waals surface area contributed by atoms with E-state index in [1.807, 2.05) is 6.92 Å². The summed E-state index contributed by atoms with van der Waals surface area (Å²) in [5.41, 5.74) is 6.10. The average Bonchev–Trinajstić information content (AvgIpc) is 2.23. The Hall–Kier alpha value is -0.450. The summed E-state index contributed by atoms with van der Waals surface area (Å²) < 4.78 is 13.7. The summed E-state index contributed by atoms with van der Waals surface area (Å²) >= 11 is 3.29. The van der Waals surface area contributed by atoms with E-state index >= 15 is 0 Å². The highest BCUT2D eigenvalue weighted by molar-refractivity contribution is 9.10. The lowest BCUT2D eigenvalue weighted by Crippen LogP contribution is -2.21. The van der Waals surface area contributed by atoms with Gasteiger partial charge in [-0.2, -0.15) is 0 Å². The van der Waals surface area contributed by atoms with E-state index in [0.29, 0.717) is 16.6 Å². The molecule has 0 aliphatic carbocycles. The number of rotatable bonds is 4. The van der Waals surface area contributed by atoms with Crippen molar-refractivity contribution in [1.29, 1.82) is 0 Å². The van der Waals surface area contributed by atoms with Crippen LogP contribution in [0.3, 0.4) is 0 Å². The molecule has 2 atom stereocenters. The molecule has 0 heterocycles. The van der Waals surface area contributed by atoms with Crippen LogP contribution in [0, 0.1) is 11.7 Å². The normalized spacial score (nSPS) is 15.0. The van der Waals surface area contributed by atoms with Crippen LogP contribution in [0.15, 0.2) is 22.7 Å². The van der Waals surface area contributed by atoms with E-state index in [1.54, 1.807) is 6.07 Å². The molecule has 2 unspecified atom stereocenters. The Morgan fingerprint density at radius 3 is 2.73 bits per heavy atom. The van der Waals surface area contributed by atoms with Gasteiger partial charge in [0.05, 0.1) is 6.10 Å². The van der Waals surface area contributed by atoms with Gasteiger partial charge in [0, 0.05) is 10.4 Å². The predicted molar refractivity (Wildman–Crippen MR) is 61.9 cm³/mol. The van der Waals surface area contributed by atoms with Gasteiger partial charge < -0.3 is 10.8 Å². The smallest absolute Gasteiger partial charge is 0.123 e. The standard InChI is InChI=1S/C11H15BrFNO/c1-2-7(6-14)11(15)9-5-8(13)3-4-10(9)12/h3-5,7,11,15H,2,6,14H2,1H3. The molecule has 1 aromatic rings. The number of halogens is 2. The first-order valence-corrected chi connectivity index (χ1v) is 5.72. The van der Waals surface area contributed by atoms with Crippen molar-refractivity contribution in [3.05, 3.63) is 34.1 Å². The average molecular weight is 276 g/mol. The van der Waals surface area contributed by atoms with Crippen molar-refractivity contribution in [2.75, 3.05) is 6.54 Å². The van der Waals surface area contributed by atoms with Gasteiger partial charge >= 0.3 is 0 Å². The Kier molecular flexibility index (Phi) is 4.70. The van der Waals surface area contributed by atoms with Gasteiger partial charge in [0.1, 0.15) is 5.82 Å². The van der Waals surface area contributed by atoms with Gasteiger partial charge in [0.15, 0.2) is 0 Å². The minimum absolute atomic E-state index is 0.0388. The Morgan fingerprint density at radius 2 is 2.20 bits per heavy atom. The monoisotopic (exact) mass is 275 g/mol. The van der Waals surface area contributed by atoms with Crippen molar-refractivity contribution >= 4 is 15.9 Å². The molecule has 0 radical (unpaired) electrons. The molecule has 3 N–H and O–H groups in total. The molecule has 1 aromatic carbocycles. The van der Waals surface area contributed by atoms with Crippen molar-refractivity contribution in [2.45, 2.75) is 19.4 Å². The molecule has 4 heteroatoms. The minimum Gasteiger partial charge on any atom is -0.388 e. The Balaban J connectivity index is 2.98. The fourth-order valence-electron chi connectivity index (χ4n) is 1.51. The van der Waals surface area contributed by atoms with Gasteiger partial charge in [-0.25, -0.2) is 4.39 Å². The second-order valence-electron chi connectivity index (χ2n) is 3.51. The molecular weight excluding hydrogens is 261 g/mol. The lowest BCUT2D eigenvalue weighted by atomic mass is 9.93. The van der Waals surface area contributed by atoms with Gasteiger partial charge in [0.2, 0.25) is 0 Å². The zero-order valence-electron chi connectivity index (χ0n) is 8.58. The fraction of sp³-hybridized carbons (Fsp3) is 0.455. The lowest BCUT2D eigenvalue weighted by Gasteiger charge is -2.21. The number of hydrogen-bond acceptors (Lipinski definition) is 2. The van der Waals surface area contributed by atoms with Crippen LogP contribution in [0.5, 0.6) is 0 Å². The van der Waals surface area contributed by atoms with Crippen molar-refractivity contribution in [1.82, 2.24) is 0 Å². The highest BCUT2D eigenvalue weighted by Gasteiger charge is 2.20. The summed E-state index contributed by atoms with van der Waals surface area (Å²) in [6, 6.07) is 4.29. The number of aliphatic hydroxyl groups excluding tert-OH is 1. The van der Waals surface area contributed by atoms with Crippen molar-refractivity contribution in [2.24, 2.45) is 11.7 Å². The first kappa shape index (κ1) is 12.6. The molecule has 0 saturated carbocycles. The van der Waals surface area contributed by atoms with Crippen LogP contribution in [0.4, 0.5) is 4.39 Å². The maximum atomic E-state index is 13.0. The van der Waals surface area contributed by atoms with Crippen molar-refractivity contribution < 1.29 is 9.50 Å². The molecule has 0 fully saturated rings. The highest BCUT2D eigenvalue weighted by Crippen LogP contribution is 2.30. The van der Waals surface area contributed by atoms with Crippen LogP contribution in [0.1, 0.15) is 25.0 Å². The van der Waals surface area contributed by atoms with E-state index in [0.717, 1.165) is 6.42 Å². The first-order valence-electron chi connectivity index (χ1n) is 4.93. The lowest BCUT2D eigenvalue weighted by molar-refractivity contribution is 0.109. The van der Waals surface area contributed by atoms with Crippen LogP contribution >= 0.6 is 15.9 Å². The summed E-state index contributed by atoms with van der Waals surface area (Å²) in [6.07, 6.45) is 0.0470. The zero-order valence-corrected chi connectivity index (χ0v) is 10.2. The predicted octanol–water partition coefficient (Wildman–Crippen LogP) is 2.61. The van der Waals surface area contributed by atoms with E-state index in [9.17, 15) is 9.50 Å². The molecule has 0 bridgehead atoms. The third-order valence-corrected chi connectivity index (χ3v) is 3.27. The van der Waals surface area contributed by atoms with Crippen LogP contribution in [0.2, 0.25) is 0 Å². The summed E-state index contributed by atoms with van der Waals surface area (Å²) in [5.74, 6) is -0.387. The summed E-state index contributed by atoms with van der Waals surface area (Å²) in [6.45, 7) is 2.34. The molecule has 0 aliphatic heterocycles. The van der Waals surface area contributed by atoms with Gasteiger partial charge in [-0.3, -0.25) is 0 Å². The van der Waals surface area contributed by atoms with E-state index < -0.39 is 6.10 Å². The summed E-state index contributed by atoms with van der Waals surface area (Å²) in [5, 5.41) is 10.0. The summed E-state index contributed by atoms with van der Waals surface area (Å²) in [4.78, 5) is 0. The molecule has 0 saturated heterocycles.